The van der Waals surface area contributed by atoms with Crippen LogP contribution >= 0.6 is 0 Å². The summed E-state index contributed by atoms with van der Waals surface area (Å²) in [5.74, 6) is 0.190. The van der Waals surface area contributed by atoms with E-state index in [1.807, 2.05) is 0 Å². The zero-order chi connectivity index (χ0) is 17.6. The minimum absolute atomic E-state index is 0.00301. The summed E-state index contributed by atoms with van der Waals surface area (Å²) in [6, 6.07) is 1.95. The predicted molar refractivity (Wildman–Crippen MR) is 98.7 cm³/mol. The first-order valence-electron chi connectivity index (χ1n) is 9.72. The summed E-state index contributed by atoms with van der Waals surface area (Å²) >= 11 is 0. The number of aromatic nitrogens is 2. The van der Waals surface area contributed by atoms with E-state index in [2.05, 4.69) is 15.3 Å². The molecule has 1 aromatic rings. The molecule has 1 aromatic heterocycles. The number of hydrogen-bond donors (Lipinski definition) is 1. The van der Waals surface area contributed by atoms with Gasteiger partial charge in [0.15, 0.2) is 0 Å². The topological polar surface area (TPSA) is 67.2 Å². The standard InChI is InChI=1S/C19H30N4O2/c1-22-18(24)12-17(13-20-22)23-11-7-8-15(14-23)19(25)21-16-9-5-3-2-4-6-10-16/h12-13,15-16H,2-11,14H2,1H3,(H,21,25)/t15-/m1/s1. The predicted octanol–water partition coefficient (Wildman–Crippen LogP) is 2.23. The molecule has 6 heteroatoms. The van der Waals surface area contributed by atoms with Crippen LogP contribution < -0.4 is 15.8 Å². The van der Waals surface area contributed by atoms with Gasteiger partial charge in [0.25, 0.3) is 5.56 Å². The molecule has 3 rings (SSSR count). The third-order valence-electron chi connectivity index (χ3n) is 5.56. The van der Waals surface area contributed by atoms with E-state index in [1.54, 1.807) is 19.3 Å². The Morgan fingerprint density at radius 1 is 1.12 bits per heavy atom. The maximum atomic E-state index is 12.7. The van der Waals surface area contributed by atoms with Gasteiger partial charge in [0.2, 0.25) is 5.91 Å². The largest absolute Gasteiger partial charge is 0.369 e. The first-order valence-corrected chi connectivity index (χ1v) is 9.72. The molecule has 2 heterocycles. The highest BCUT2D eigenvalue weighted by molar-refractivity contribution is 5.79. The summed E-state index contributed by atoms with van der Waals surface area (Å²) in [6.07, 6.45) is 12.2. The third-order valence-corrected chi connectivity index (χ3v) is 5.56. The molecule has 1 aliphatic heterocycles. The van der Waals surface area contributed by atoms with E-state index in [0.717, 1.165) is 37.9 Å². The molecule has 2 fully saturated rings. The van der Waals surface area contributed by atoms with Crippen molar-refractivity contribution in [3.05, 3.63) is 22.6 Å². The Balaban J connectivity index is 1.59. The average molecular weight is 346 g/mol. The van der Waals surface area contributed by atoms with Crippen molar-refractivity contribution in [2.75, 3.05) is 18.0 Å². The fourth-order valence-electron chi connectivity index (χ4n) is 3.98. The first kappa shape index (κ1) is 18.0. The van der Waals surface area contributed by atoms with Crippen molar-refractivity contribution in [1.29, 1.82) is 0 Å². The van der Waals surface area contributed by atoms with Crippen LogP contribution in [-0.4, -0.2) is 34.8 Å². The summed E-state index contributed by atoms with van der Waals surface area (Å²) in [5, 5.41) is 7.40. The van der Waals surface area contributed by atoms with E-state index < -0.39 is 0 Å². The molecule has 1 saturated heterocycles. The van der Waals surface area contributed by atoms with E-state index in [4.69, 9.17) is 0 Å². The second-order valence-corrected chi connectivity index (χ2v) is 7.51. The van der Waals surface area contributed by atoms with Crippen LogP contribution in [0.15, 0.2) is 17.1 Å². The molecule has 25 heavy (non-hydrogen) atoms. The molecule has 1 aliphatic carbocycles. The van der Waals surface area contributed by atoms with Gasteiger partial charge in [0.1, 0.15) is 0 Å². The Morgan fingerprint density at radius 3 is 2.56 bits per heavy atom. The molecular formula is C19H30N4O2. The number of hydrogen-bond acceptors (Lipinski definition) is 4. The summed E-state index contributed by atoms with van der Waals surface area (Å²) in [6.45, 7) is 1.55. The van der Waals surface area contributed by atoms with Gasteiger partial charge in [0.05, 0.1) is 17.8 Å². The van der Waals surface area contributed by atoms with Crippen molar-refractivity contribution < 1.29 is 4.79 Å². The number of carbonyl (C=O) groups is 1. The Labute approximate surface area is 149 Å². The maximum Gasteiger partial charge on any atom is 0.268 e. The zero-order valence-electron chi connectivity index (χ0n) is 15.2. The smallest absolute Gasteiger partial charge is 0.268 e. The quantitative estimate of drug-likeness (QED) is 0.911. The molecule has 0 spiro atoms. The Morgan fingerprint density at radius 2 is 1.84 bits per heavy atom. The number of nitrogens with zero attached hydrogens (tertiary/aromatic N) is 3. The van der Waals surface area contributed by atoms with Gasteiger partial charge < -0.3 is 10.2 Å². The van der Waals surface area contributed by atoms with Crippen LogP contribution in [0.1, 0.15) is 57.8 Å². The lowest BCUT2D eigenvalue weighted by Crippen LogP contribution is -2.46. The molecule has 2 aliphatic rings. The van der Waals surface area contributed by atoms with Crippen LogP contribution in [0.2, 0.25) is 0 Å². The summed E-state index contributed by atoms with van der Waals surface area (Å²) < 4.78 is 1.33. The molecule has 138 valence electrons. The minimum Gasteiger partial charge on any atom is -0.369 e. The van der Waals surface area contributed by atoms with E-state index in [9.17, 15) is 9.59 Å². The highest BCUT2D eigenvalue weighted by Gasteiger charge is 2.27. The lowest BCUT2D eigenvalue weighted by molar-refractivity contribution is -0.126. The van der Waals surface area contributed by atoms with E-state index in [0.29, 0.717) is 12.6 Å². The van der Waals surface area contributed by atoms with Gasteiger partial charge in [-0.05, 0) is 25.7 Å². The first-order chi connectivity index (χ1) is 12.1. The molecule has 6 nitrogen and oxygen atoms in total. The normalized spacial score (nSPS) is 22.9. The van der Waals surface area contributed by atoms with Crippen LogP contribution in [0, 0.1) is 5.92 Å². The molecule has 0 bridgehead atoms. The van der Waals surface area contributed by atoms with Crippen molar-refractivity contribution in [1.82, 2.24) is 15.1 Å². The van der Waals surface area contributed by atoms with Crippen LogP contribution in [0.25, 0.3) is 0 Å². The highest BCUT2D eigenvalue weighted by Crippen LogP contribution is 2.23. The van der Waals surface area contributed by atoms with Crippen LogP contribution in [0.5, 0.6) is 0 Å². The molecule has 0 radical (unpaired) electrons. The van der Waals surface area contributed by atoms with Crippen LogP contribution in [0.4, 0.5) is 5.69 Å². The molecule has 0 aromatic carbocycles. The molecular weight excluding hydrogens is 316 g/mol. The molecule has 1 amide bonds. The van der Waals surface area contributed by atoms with E-state index >= 15 is 0 Å². The van der Waals surface area contributed by atoms with Gasteiger partial charge in [-0.15, -0.1) is 0 Å². The lowest BCUT2D eigenvalue weighted by Gasteiger charge is -2.34. The third kappa shape index (κ3) is 4.83. The second-order valence-electron chi connectivity index (χ2n) is 7.51. The molecule has 1 atom stereocenters. The van der Waals surface area contributed by atoms with Gasteiger partial charge in [-0.2, -0.15) is 5.10 Å². The number of piperidine rings is 1. The fraction of sp³-hybridized carbons (Fsp3) is 0.737. The Bertz CT molecular complexity index is 635. The van der Waals surface area contributed by atoms with Gasteiger partial charge in [0, 0.05) is 32.2 Å². The zero-order valence-corrected chi connectivity index (χ0v) is 15.2. The summed E-state index contributed by atoms with van der Waals surface area (Å²) in [7, 11) is 1.65. The monoisotopic (exact) mass is 346 g/mol. The fourth-order valence-corrected chi connectivity index (χ4v) is 3.98. The Hall–Kier alpha value is -1.85. The molecule has 1 saturated carbocycles. The summed E-state index contributed by atoms with van der Waals surface area (Å²) in [5.41, 5.74) is 0.713. The van der Waals surface area contributed by atoms with Gasteiger partial charge in [-0.3, -0.25) is 9.59 Å². The van der Waals surface area contributed by atoms with Crippen LogP contribution in [-0.2, 0) is 11.8 Å². The van der Waals surface area contributed by atoms with Crippen molar-refractivity contribution in [3.8, 4) is 0 Å². The average Bonchev–Trinajstić information content (AvgIpc) is 2.59. The van der Waals surface area contributed by atoms with Crippen molar-refractivity contribution in [2.45, 2.75) is 63.8 Å². The minimum atomic E-state index is -0.112. The molecule has 1 N–H and O–H groups in total. The van der Waals surface area contributed by atoms with E-state index in [-0.39, 0.29) is 17.4 Å². The number of rotatable bonds is 3. The number of nitrogens with one attached hydrogen (secondary N) is 1. The van der Waals surface area contributed by atoms with E-state index in [1.165, 1.54) is 36.8 Å². The van der Waals surface area contributed by atoms with Gasteiger partial charge >= 0.3 is 0 Å². The number of aryl methyl sites for hydroxylation is 1. The van der Waals surface area contributed by atoms with Crippen molar-refractivity contribution in [3.63, 3.8) is 0 Å². The second kappa shape index (κ2) is 8.50. The van der Waals surface area contributed by atoms with Gasteiger partial charge in [-0.25, -0.2) is 4.68 Å². The highest BCUT2D eigenvalue weighted by atomic mass is 16.2. The lowest BCUT2D eigenvalue weighted by atomic mass is 9.93. The van der Waals surface area contributed by atoms with Crippen molar-refractivity contribution >= 4 is 11.6 Å². The number of carbonyl (C=O) groups excluding carboxylic acids is 1. The maximum absolute atomic E-state index is 12.7. The van der Waals surface area contributed by atoms with Crippen LogP contribution in [0.3, 0.4) is 0 Å². The number of anilines is 1. The molecule has 0 unspecified atom stereocenters. The van der Waals surface area contributed by atoms with Gasteiger partial charge in [-0.1, -0.05) is 32.1 Å². The van der Waals surface area contributed by atoms with Crippen molar-refractivity contribution in [2.24, 2.45) is 13.0 Å². The SMILES string of the molecule is Cn1ncc(N2CCC[C@@H](C(=O)NC3CCCCCCC3)C2)cc1=O. The summed E-state index contributed by atoms with van der Waals surface area (Å²) in [4.78, 5) is 26.7. The Kier molecular flexibility index (Phi) is 6.10. The number of amides is 1.